The van der Waals surface area contributed by atoms with Crippen LogP contribution in [0.2, 0.25) is 0 Å². The van der Waals surface area contributed by atoms with Crippen molar-refractivity contribution in [2.45, 2.75) is 6.92 Å². The molecule has 0 bridgehead atoms. The predicted octanol–water partition coefficient (Wildman–Crippen LogP) is 3.04. The average molecular weight is 401 g/mol. The van der Waals surface area contributed by atoms with Crippen molar-refractivity contribution in [2.75, 3.05) is 11.1 Å². The maximum absolute atomic E-state index is 12.1. The van der Waals surface area contributed by atoms with Gasteiger partial charge in [0.15, 0.2) is 5.43 Å². The summed E-state index contributed by atoms with van der Waals surface area (Å²) in [5.74, 6) is -0.488. The lowest BCUT2D eigenvalue weighted by Crippen LogP contribution is -2.22. The molecule has 20 heavy (non-hydrogen) atoms. The molecule has 0 atom stereocenters. The van der Waals surface area contributed by atoms with Gasteiger partial charge in [0.25, 0.3) is 5.91 Å². The van der Waals surface area contributed by atoms with Crippen LogP contribution in [0, 0.1) is 6.92 Å². The zero-order chi connectivity index (χ0) is 14.9. The molecule has 0 aliphatic carbocycles. The highest BCUT2D eigenvalue weighted by atomic mass is 79.9. The molecule has 0 aliphatic rings. The van der Waals surface area contributed by atoms with E-state index in [9.17, 15) is 9.59 Å². The second-order valence-electron chi connectivity index (χ2n) is 4.21. The van der Waals surface area contributed by atoms with Crippen LogP contribution in [0.25, 0.3) is 0 Å². The van der Waals surface area contributed by atoms with Crippen molar-refractivity contribution in [1.29, 1.82) is 0 Å². The molecular formula is C13H11Br2N3O2. The van der Waals surface area contributed by atoms with Crippen molar-refractivity contribution in [3.05, 3.63) is 54.8 Å². The summed E-state index contributed by atoms with van der Waals surface area (Å²) in [5.41, 5.74) is 7.16. The minimum absolute atomic E-state index is 0.0474. The topological polar surface area (TPSA) is 88.0 Å². The Kier molecular flexibility index (Phi) is 4.29. The van der Waals surface area contributed by atoms with Crippen molar-refractivity contribution in [2.24, 2.45) is 0 Å². The standard InChI is InChI=1S/C13H11Br2N3O2/c1-6-2-11(19)8(5-17-6)13(20)18-12-9(14)3-7(16)4-10(12)15/h2-5H,16H2,1H3,(H,17,19)(H,18,20). The Morgan fingerprint density at radius 2 is 1.85 bits per heavy atom. The molecule has 5 nitrogen and oxygen atoms in total. The number of aromatic amines is 1. The molecule has 1 amide bonds. The van der Waals surface area contributed by atoms with Crippen molar-refractivity contribution in [1.82, 2.24) is 4.98 Å². The molecule has 1 aromatic heterocycles. The maximum Gasteiger partial charge on any atom is 0.261 e. The SMILES string of the molecule is Cc1cc(=O)c(C(=O)Nc2c(Br)cc(N)cc2Br)c[nH]1. The summed E-state index contributed by atoms with van der Waals surface area (Å²) in [6.45, 7) is 1.75. The Bertz CT molecular complexity index is 718. The Hall–Kier alpha value is -1.60. The Labute approximate surface area is 131 Å². The van der Waals surface area contributed by atoms with E-state index in [4.69, 9.17) is 5.73 Å². The molecule has 0 fully saturated rings. The summed E-state index contributed by atoms with van der Waals surface area (Å²) in [5, 5.41) is 2.67. The highest BCUT2D eigenvalue weighted by Crippen LogP contribution is 2.33. The highest BCUT2D eigenvalue weighted by Gasteiger charge is 2.14. The lowest BCUT2D eigenvalue weighted by molar-refractivity contribution is 0.102. The van der Waals surface area contributed by atoms with E-state index in [0.717, 1.165) is 0 Å². The smallest absolute Gasteiger partial charge is 0.261 e. The number of rotatable bonds is 2. The molecule has 1 heterocycles. The number of hydrogen-bond donors (Lipinski definition) is 3. The molecule has 2 aromatic rings. The number of pyridine rings is 1. The van der Waals surface area contributed by atoms with E-state index < -0.39 is 5.91 Å². The van der Waals surface area contributed by atoms with E-state index in [2.05, 4.69) is 42.2 Å². The van der Waals surface area contributed by atoms with Crippen LogP contribution in [0.4, 0.5) is 11.4 Å². The van der Waals surface area contributed by atoms with Crippen LogP contribution in [-0.4, -0.2) is 10.9 Å². The Balaban J connectivity index is 2.35. The first-order chi connectivity index (χ1) is 9.38. The van der Waals surface area contributed by atoms with E-state index in [1.165, 1.54) is 12.3 Å². The highest BCUT2D eigenvalue weighted by molar-refractivity contribution is 9.11. The first-order valence-corrected chi connectivity index (χ1v) is 7.22. The fourth-order valence-electron chi connectivity index (χ4n) is 1.64. The van der Waals surface area contributed by atoms with Crippen molar-refractivity contribution in [3.8, 4) is 0 Å². The van der Waals surface area contributed by atoms with Crippen LogP contribution in [0.5, 0.6) is 0 Å². The molecule has 0 saturated heterocycles. The monoisotopic (exact) mass is 399 g/mol. The van der Waals surface area contributed by atoms with Gasteiger partial charge in [0, 0.05) is 32.6 Å². The second kappa shape index (κ2) is 5.80. The molecule has 0 radical (unpaired) electrons. The largest absolute Gasteiger partial charge is 0.399 e. The fraction of sp³-hybridized carbons (Fsp3) is 0.0769. The van der Waals surface area contributed by atoms with Gasteiger partial charge in [-0.2, -0.15) is 0 Å². The molecule has 0 aliphatic heterocycles. The van der Waals surface area contributed by atoms with Gasteiger partial charge in [0.2, 0.25) is 0 Å². The minimum atomic E-state index is -0.488. The van der Waals surface area contributed by atoms with Gasteiger partial charge in [0.1, 0.15) is 5.56 Å². The molecular weight excluding hydrogens is 390 g/mol. The quantitative estimate of drug-likeness (QED) is 0.677. The molecule has 4 N–H and O–H groups in total. The number of nitrogen functional groups attached to an aromatic ring is 1. The fourth-order valence-corrected chi connectivity index (χ4v) is 3.06. The van der Waals surface area contributed by atoms with Crippen molar-refractivity contribution >= 4 is 49.1 Å². The average Bonchev–Trinajstić information content (AvgIpc) is 2.33. The maximum atomic E-state index is 12.1. The number of hydrogen-bond acceptors (Lipinski definition) is 3. The van der Waals surface area contributed by atoms with Crippen molar-refractivity contribution in [3.63, 3.8) is 0 Å². The first-order valence-electron chi connectivity index (χ1n) is 5.63. The molecule has 2 rings (SSSR count). The number of carbonyl (C=O) groups excluding carboxylic acids is 1. The van der Waals surface area contributed by atoms with Gasteiger partial charge in [-0.25, -0.2) is 0 Å². The van der Waals surface area contributed by atoms with Crippen LogP contribution in [0.3, 0.4) is 0 Å². The van der Waals surface area contributed by atoms with Gasteiger partial charge in [-0.1, -0.05) is 0 Å². The summed E-state index contributed by atoms with van der Waals surface area (Å²) >= 11 is 6.64. The third kappa shape index (κ3) is 3.10. The van der Waals surface area contributed by atoms with Gasteiger partial charge in [0.05, 0.1) is 5.69 Å². The van der Waals surface area contributed by atoms with Gasteiger partial charge in [-0.15, -0.1) is 0 Å². The Morgan fingerprint density at radius 3 is 2.40 bits per heavy atom. The molecule has 1 aromatic carbocycles. The molecule has 0 unspecified atom stereocenters. The lowest BCUT2D eigenvalue weighted by atomic mass is 10.2. The number of amides is 1. The van der Waals surface area contributed by atoms with Gasteiger partial charge < -0.3 is 16.0 Å². The third-order valence-corrected chi connectivity index (χ3v) is 3.86. The van der Waals surface area contributed by atoms with Crippen LogP contribution in [0.1, 0.15) is 16.1 Å². The van der Waals surface area contributed by atoms with Crippen LogP contribution in [0.15, 0.2) is 38.1 Å². The molecule has 7 heteroatoms. The summed E-state index contributed by atoms with van der Waals surface area (Å²) in [6, 6.07) is 4.71. The van der Waals surface area contributed by atoms with Gasteiger partial charge >= 0.3 is 0 Å². The van der Waals surface area contributed by atoms with Crippen LogP contribution >= 0.6 is 31.9 Å². The number of benzene rings is 1. The number of nitrogens with two attached hydrogens (primary N) is 1. The minimum Gasteiger partial charge on any atom is -0.399 e. The predicted molar refractivity (Wildman–Crippen MR) is 86.0 cm³/mol. The zero-order valence-electron chi connectivity index (χ0n) is 10.5. The normalized spacial score (nSPS) is 10.3. The van der Waals surface area contributed by atoms with Crippen LogP contribution < -0.4 is 16.5 Å². The number of halogens is 2. The van der Waals surface area contributed by atoms with Gasteiger partial charge in [-0.3, -0.25) is 9.59 Å². The van der Waals surface area contributed by atoms with E-state index in [1.807, 2.05) is 0 Å². The molecule has 104 valence electrons. The van der Waals surface area contributed by atoms with E-state index in [-0.39, 0.29) is 11.0 Å². The number of nitrogens with one attached hydrogen (secondary N) is 2. The zero-order valence-corrected chi connectivity index (χ0v) is 13.6. The number of carbonyl (C=O) groups is 1. The Morgan fingerprint density at radius 1 is 1.25 bits per heavy atom. The summed E-state index contributed by atoms with van der Waals surface area (Å²) < 4.78 is 1.25. The first kappa shape index (κ1) is 14.8. The summed E-state index contributed by atoms with van der Waals surface area (Å²) in [6.07, 6.45) is 1.39. The summed E-state index contributed by atoms with van der Waals surface area (Å²) in [7, 11) is 0. The number of aryl methyl sites for hydroxylation is 1. The van der Waals surface area contributed by atoms with Gasteiger partial charge in [-0.05, 0) is 50.9 Å². The second-order valence-corrected chi connectivity index (χ2v) is 5.92. The van der Waals surface area contributed by atoms with E-state index in [1.54, 1.807) is 19.1 Å². The number of aromatic nitrogens is 1. The lowest BCUT2D eigenvalue weighted by Gasteiger charge is -2.10. The number of anilines is 2. The molecule has 0 spiro atoms. The van der Waals surface area contributed by atoms with Crippen molar-refractivity contribution < 1.29 is 4.79 Å². The van der Waals surface area contributed by atoms with E-state index in [0.29, 0.717) is 26.0 Å². The van der Waals surface area contributed by atoms with E-state index >= 15 is 0 Å². The van der Waals surface area contributed by atoms with Crippen LogP contribution in [-0.2, 0) is 0 Å². The number of H-pyrrole nitrogens is 1. The molecule has 0 saturated carbocycles. The summed E-state index contributed by atoms with van der Waals surface area (Å²) in [4.78, 5) is 26.7. The third-order valence-electron chi connectivity index (χ3n) is 2.60.